The van der Waals surface area contributed by atoms with Gasteiger partial charge in [-0.3, -0.25) is 53.0 Å². The van der Waals surface area contributed by atoms with Gasteiger partial charge in [-0.1, -0.05) is 20.8 Å². The van der Waals surface area contributed by atoms with Crippen molar-refractivity contribution in [2.45, 2.75) is 72.8 Å². The fraction of sp³-hybridized carbons (Fsp3) is 0.581. The minimum Gasteiger partial charge on any atom is -0.460 e. The molecule has 2 aliphatic heterocycles. The van der Waals surface area contributed by atoms with Crippen molar-refractivity contribution in [3.63, 3.8) is 0 Å². The van der Waals surface area contributed by atoms with Crippen LogP contribution in [0.25, 0.3) is 0 Å². The molecule has 0 spiro atoms. The van der Waals surface area contributed by atoms with Crippen molar-refractivity contribution < 1.29 is 47.9 Å². The first-order valence-electron chi connectivity index (χ1n) is 15.2. The van der Waals surface area contributed by atoms with Gasteiger partial charge in [-0.25, -0.2) is 10.0 Å². The molecule has 2 N–H and O–H groups in total. The second-order valence-electron chi connectivity index (χ2n) is 13.1. The molecule has 2 rings (SSSR count). The molecule has 16 nitrogen and oxygen atoms in total. The van der Waals surface area contributed by atoms with E-state index in [4.69, 9.17) is 4.74 Å². The van der Waals surface area contributed by atoms with Crippen LogP contribution in [0.4, 0.5) is 0 Å². The third-order valence-corrected chi connectivity index (χ3v) is 6.57. The summed E-state index contributed by atoms with van der Waals surface area (Å²) < 4.78 is 5.23. The number of imide groups is 2. The second-order valence-corrected chi connectivity index (χ2v) is 13.1. The lowest BCUT2D eigenvalue weighted by molar-refractivity contribution is -0.170. The summed E-state index contributed by atoms with van der Waals surface area (Å²) in [6.07, 6.45) is 5.34. The number of rotatable bonds is 15. The molecule has 2 heterocycles. The minimum absolute atomic E-state index is 0.00164. The smallest absolute Gasteiger partial charge is 0.306 e. The van der Waals surface area contributed by atoms with E-state index in [9.17, 15) is 43.2 Å². The van der Waals surface area contributed by atoms with Gasteiger partial charge in [0.2, 0.25) is 11.8 Å². The summed E-state index contributed by atoms with van der Waals surface area (Å²) in [5.74, 6) is -7.35. The average Bonchev–Trinajstić information content (AvgIpc) is 3.44. The first-order chi connectivity index (χ1) is 21.8. The summed E-state index contributed by atoms with van der Waals surface area (Å²) >= 11 is 0. The van der Waals surface area contributed by atoms with E-state index in [1.165, 1.54) is 0 Å². The summed E-state index contributed by atoms with van der Waals surface area (Å²) in [6, 6.07) is 0. The van der Waals surface area contributed by atoms with Crippen LogP contribution in [0.15, 0.2) is 24.3 Å². The average molecular weight is 661 g/mol. The zero-order valence-corrected chi connectivity index (χ0v) is 27.8. The van der Waals surface area contributed by atoms with Crippen LogP contribution in [0, 0.1) is 5.41 Å². The van der Waals surface area contributed by atoms with E-state index >= 15 is 0 Å². The molecule has 0 aliphatic carbocycles. The highest BCUT2D eigenvalue weighted by Crippen LogP contribution is 2.19. The van der Waals surface area contributed by atoms with Crippen molar-refractivity contribution in [3.05, 3.63) is 24.3 Å². The topological polar surface area (TPSA) is 200 Å². The zero-order valence-electron chi connectivity index (χ0n) is 27.8. The maximum absolute atomic E-state index is 13.6. The molecule has 0 atom stereocenters. The van der Waals surface area contributed by atoms with Crippen LogP contribution >= 0.6 is 0 Å². The van der Waals surface area contributed by atoms with Gasteiger partial charge in [0.05, 0.1) is 0 Å². The Morgan fingerprint density at radius 2 is 1.04 bits per heavy atom. The second kappa shape index (κ2) is 16.6. The minimum atomic E-state index is -1.08. The molecule has 0 radical (unpaired) electrons. The summed E-state index contributed by atoms with van der Waals surface area (Å²) in [7, 11) is 0. The molecule has 8 amide bonds. The number of hydrogen-bond acceptors (Lipinski definition) is 10. The molecule has 0 aromatic carbocycles. The maximum Gasteiger partial charge on any atom is 0.306 e. The van der Waals surface area contributed by atoms with Crippen LogP contribution < -0.4 is 10.6 Å². The lowest BCUT2D eigenvalue weighted by Gasteiger charge is -2.35. The Morgan fingerprint density at radius 1 is 0.660 bits per heavy atom. The summed E-state index contributed by atoms with van der Waals surface area (Å²) in [6.45, 7) is 8.05. The fourth-order valence-corrected chi connectivity index (χ4v) is 4.31. The van der Waals surface area contributed by atoms with Gasteiger partial charge in [-0.15, -0.1) is 0 Å². The van der Waals surface area contributed by atoms with Crippen molar-refractivity contribution >= 4 is 53.2 Å². The molecule has 2 aliphatic rings. The molecule has 47 heavy (non-hydrogen) atoms. The molecule has 0 fully saturated rings. The van der Waals surface area contributed by atoms with Gasteiger partial charge in [0, 0.05) is 43.8 Å². The molecular formula is C31H44N6O10. The van der Waals surface area contributed by atoms with E-state index in [0.717, 1.165) is 30.7 Å². The highest BCUT2D eigenvalue weighted by atomic mass is 16.6. The van der Waals surface area contributed by atoms with E-state index in [-0.39, 0.29) is 31.3 Å². The number of hydrogen-bond donors (Lipinski definition) is 2. The van der Waals surface area contributed by atoms with Crippen molar-refractivity contribution in [2.24, 2.45) is 5.41 Å². The number of carbonyl (C=O) groups is 9. The molecule has 16 heteroatoms. The summed E-state index contributed by atoms with van der Waals surface area (Å²) in [5.41, 5.74) is -0.692. The van der Waals surface area contributed by atoms with Crippen molar-refractivity contribution in [3.8, 4) is 0 Å². The summed E-state index contributed by atoms with van der Waals surface area (Å²) in [4.78, 5) is 115. The molecule has 0 bridgehead atoms. The molecule has 0 aromatic rings. The van der Waals surface area contributed by atoms with Gasteiger partial charge in [0.1, 0.15) is 31.8 Å². The monoisotopic (exact) mass is 660 g/mol. The SMILES string of the molecule is CC(C)(C)CCCNC(=O)CN(C(=O)CN1C(=O)C=CC1=O)N(CC(=O)NCCCC(=O)OC(C)(C)C)C(=O)CN1C(=O)C=CC1=O. The number of nitrogens with zero attached hydrogens (tertiary/aromatic N) is 4. The van der Waals surface area contributed by atoms with Crippen LogP contribution in [0.3, 0.4) is 0 Å². The third kappa shape index (κ3) is 13.2. The predicted molar refractivity (Wildman–Crippen MR) is 165 cm³/mol. The highest BCUT2D eigenvalue weighted by Gasteiger charge is 2.36. The van der Waals surface area contributed by atoms with E-state index < -0.39 is 85.0 Å². The molecule has 0 aromatic heterocycles. The molecule has 258 valence electrons. The predicted octanol–water partition coefficient (Wildman–Crippen LogP) is -0.411. The standard InChI is InChI=1S/C31H44N6O10/c1-30(2,3)14-8-16-33-22(39)18-37(28(45)20-35-25(42)12-13-26(35)43)36(27(44)19-34-23(40)10-11-24(34)41)17-21(38)32-15-7-9-29(46)47-31(4,5)6/h10-13H,7-9,14-20H2,1-6H3,(H,32,38)(H,33,39). The Kier molecular flexibility index (Phi) is 13.5. The number of carbonyl (C=O) groups excluding carboxylic acids is 9. The molecule has 0 unspecified atom stereocenters. The quantitative estimate of drug-likeness (QED) is 0.101. The molecule has 0 saturated carbocycles. The zero-order chi connectivity index (χ0) is 35.5. The van der Waals surface area contributed by atoms with E-state index in [0.29, 0.717) is 26.2 Å². The van der Waals surface area contributed by atoms with Gasteiger partial charge < -0.3 is 15.4 Å². The Bertz CT molecular complexity index is 1300. The Balaban J connectivity index is 2.27. The number of amides is 8. The summed E-state index contributed by atoms with van der Waals surface area (Å²) in [5, 5.41) is 6.38. The maximum atomic E-state index is 13.6. The number of esters is 1. The van der Waals surface area contributed by atoms with Gasteiger partial charge >= 0.3 is 5.97 Å². The Labute approximate surface area is 273 Å². The third-order valence-electron chi connectivity index (χ3n) is 6.57. The van der Waals surface area contributed by atoms with Crippen molar-refractivity contribution in [1.82, 2.24) is 30.5 Å². The Hall–Kier alpha value is -4.89. The number of nitrogens with one attached hydrogen (secondary N) is 2. The molecular weight excluding hydrogens is 616 g/mol. The largest absolute Gasteiger partial charge is 0.460 e. The van der Waals surface area contributed by atoms with Crippen LogP contribution in [0.5, 0.6) is 0 Å². The lowest BCUT2D eigenvalue weighted by Crippen LogP contribution is -2.60. The molecule has 0 saturated heterocycles. The van der Waals surface area contributed by atoms with Crippen LogP contribution in [-0.4, -0.2) is 118 Å². The van der Waals surface area contributed by atoms with E-state index in [1.54, 1.807) is 20.8 Å². The number of hydrazine groups is 1. The van der Waals surface area contributed by atoms with Crippen LogP contribution in [-0.2, 0) is 47.9 Å². The van der Waals surface area contributed by atoms with Crippen molar-refractivity contribution in [1.29, 1.82) is 0 Å². The van der Waals surface area contributed by atoms with Crippen LogP contribution in [0.2, 0.25) is 0 Å². The van der Waals surface area contributed by atoms with Gasteiger partial charge in [-0.05, 0) is 45.4 Å². The first kappa shape index (κ1) is 38.3. The lowest BCUT2D eigenvalue weighted by atomic mass is 9.91. The normalized spacial score (nSPS) is 14.5. The first-order valence-corrected chi connectivity index (χ1v) is 15.2. The van der Waals surface area contributed by atoms with Gasteiger partial charge in [0.25, 0.3) is 35.4 Å². The van der Waals surface area contributed by atoms with Crippen molar-refractivity contribution in [2.75, 3.05) is 39.3 Å². The van der Waals surface area contributed by atoms with E-state index in [1.807, 2.05) is 20.8 Å². The van der Waals surface area contributed by atoms with E-state index in [2.05, 4.69) is 10.6 Å². The van der Waals surface area contributed by atoms with Gasteiger partial charge in [-0.2, -0.15) is 0 Å². The van der Waals surface area contributed by atoms with Gasteiger partial charge in [0.15, 0.2) is 0 Å². The highest BCUT2D eigenvalue weighted by molar-refractivity contribution is 6.15. The Morgan fingerprint density at radius 3 is 1.40 bits per heavy atom. The van der Waals surface area contributed by atoms with Crippen LogP contribution in [0.1, 0.15) is 67.2 Å². The number of ether oxygens (including phenoxy) is 1. The fourth-order valence-electron chi connectivity index (χ4n) is 4.31.